The molecule has 0 amide bonds. The maximum absolute atomic E-state index is 9.21. The van der Waals surface area contributed by atoms with Crippen LogP contribution in [0.5, 0.6) is 0 Å². The van der Waals surface area contributed by atoms with E-state index in [-0.39, 0.29) is 0 Å². The van der Waals surface area contributed by atoms with Crippen molar-refractivity contribution in [3.63, 3.8) is 0 Å². The molecule has 1 heterocycles. The van der Waals surface area contributed by atoms with Crippen LogP contribution < -0.4 is 5.73 Å². The normalized spacial score (nSPS) is 37.0. The van der Waals surface area contributed by atoms with E-state index in [4.69, 9.17) is 5.73 Å². The summed E-state index contributed by atoms with van der Waals surface area (Å²) in [7, 11) is 0. The van der Waals surface area contributed by atoms with Gasteiger partial charge < -0.3 is 10.3 Å². The van der Waals surface area contributed by atoms with Gasteiger partial charge in [0.2, 0.25) is 5.95 Å². The van der Waals surface area contributed by atoms with E-state index in [9.17, 15) is 5.26 Å². The summed E-state index contributed by atoms with van der Waals surface area (Å²) in [5, 5.41) is 9.21. The van der Waals surface area contributed by atoms with Crippen LogP contribution in [0, 0.1) is 35.0 Å². The van der Waals surface area contributed by atoms with Crippen molar-refractivity contribution in [3.8, 4) is 6.07 Å². The van der Waals surface area contributed by atoms with Gasteiger partial charge in [-0.3, -0.25) is 0 Å². The van der Waals surface area contributed by atoms with Gasteiger partial charge in [-0.2, -0.15) is 5.26 Å². The summed E-state index contributed by atoms with van der Waals surface area (Å²) in [6, 6.07) is 8.56. The lowest BCUT2D eigenvalue weighted by Crippen LogP contribution is -2.08. The Morgan fingerprint density at radius 3 is 2.70 bits per heavy atom. The van der Waals surface area contributed by atoms with Crippen LogP contribution in [0.2, 0.25) is 0 Å². The summed E-state index contributed by atoms with van der Waals surface area (Å²) < 4.78 is 2.22. The van der Waals surface area contributed by atoms with Crippen molar-refractivity contribution >= 4 is 17.0 Å². The molecular formula is C16H16N4. The van der Waals surface area contributed by atoms with Crippen molar-refractivity contribution in [2.75, 3.05) is 5.73 Å². The molecule has 4 nitrogen and oxygen atoms in total. The zero-order valence-corrected chi connectivity index (χ0v) is 11.2. The molecule has 5 rings (SSSR count). The van der Waals surface area contributed by atoms with Gasteiger partial charge in [-0.05, 0) is 55.1 Å². The quantitative estimate of drug-likeness (QED) is 0.861. The van der Waals surface area contributed by atoms with Gasteiger partial charge in [0, 0.05) is 6.04 Å². The third-order valence-corrected chi connectivity index (χ3v) is 5.86. The first-order chi connectivity index (χ1) is 9.79. The number of rotatable bonds is 1. The molecule has 4 unspecified atom stereocenters. The van der Waals surface area contributed by atoms with E-state index in [1.165, 1.54) is 19.3 Å². The highest BCUT2D eigenvalue weighted by molar-refractivity contribution is 5.84. The molecule has 4 heteroatoms. The standard InChI is InChI=1S/C16H16N4/c17-7-10-2-1-3-11-14(10)19-16(18)20(11)15-12-8-4-5-9(6-8)13(12)15/h1-3,8-9,12-13,15H,4-6H2,(H2,18,19). The lowest BCUT2D eigenvalue weighted by molar-refractivity contribution is 0.456. The molecule has 0 aliphatic heterocycles. The minimum absolute atomic E-state index is 0.542. The predicted molar refractivity (Wildman–Crippen MR) is 75.7 cm³/mol. The molecule has 2 aromatic rings. The number of hydrogen-bond donors (Lipinski definition) is 1. The summed E-state index contributed by atoms with van der Waals surface area (Å²) >= 11 is 0. The Hall–Kier alpha value is -2.02. The maximum Gasteiger partial charge on any atom is 0.201 e. The van der Waals surface area contributed by atoms with Crippen LogP contribution in [0.4, 0.5) is 5.95 Å². The van der Waals surface area contributed by atoms with Gasteiger partial charge in [0.15, 0.2) is 0 Å². The third-order valence-electron chi connectivity index (χ3n) is 5.86. The monoisotopic (exact) mass is 264 g/mol. The van der Waals surface area contributed by atoms with Crippen LogP contribution in [-0.2, 0) is 0 Å². The van der Waals surface area contributed by atoms with Crippen LogP contribution in [0.15, 0.2) is 18.2 Å². The Morgan fingerprint density at radius 1 is 1.25 bits per heavy atom. The summed E-state index contributed by atoms with van der Waals surface area (Å²) in [5.74, 6) is 4.04. The number of aromatic nitrogens is 2. The first-order valence-corrected chi connectivity index (χ1v) is 7.46. The molecule has 3 fully saturated rings. The molecule has 0 radical (unpaired) electrons. The molecule has 20 heavy (non-hydrogen) atoms. The largest absolute Gasteiger partial charge is 0.369 e. The van der Waals surface area contributed by atoms with Gasteiger partial charge in [0.1, 0.15) is 11.6 Å². The first kappa shape index (κ1) is 10.7. The summed E-state index contributed by atoms with van der Waals surface area (Å²) in [5.41, 5.74) is 8.61. The Balaban J connectivity index is 1.68. The number of benzene rings is 1. The molecular weight excluding hydrogens is 248 g/mol. The molecule has 2 bridgehead atoms. The van der Waals surface area contributed by atoms with Crippen molar-refractivity contribution in [1.82, 2.24) is 9.55 Å². The number of imidazole rings is 1. The molecule has 3 aliphatic carbocycles. The molecule has 4 atom stereocenters. The van der Waals surface area contributed by atoms with Gasteiger partial charge in [0.05, 0.1) is 11.1 Å². The van der Waals surface area contributed by atoms with Crippen molar-refractivity contribution in [3.05, 3.63) is 23.8 Å². The Bertz CT molecular complexity index is 753. The molecule has 2 N–H and O–H groups in total. The van der Waals surface area contributed by atoms with Crippen molar-refractivity contribution < 1.29 is 0 Å². The fourth-order valence-electron chi connectivity index (χ4n) is 5.16. The number of nitrogens with zero attached hydrogens (tertiary/aromatic N) is 3. The molecule has 100 valence electrons. The van der Waals surface area contributed by atoms with Gasteiger partial charge in [-0.1, -0.05) is 6.07 Å². The number of hydrogen-bond acceptors (Lipinski definition) is 3. The second-order valence-electron chi connectivity index (χ2n) is 6.60. The Labute approximate surface area is 117 Å². The lowest BCUT2D eigenvalue weighted by atomic mass is 10.0. The van der Waals surface area contributed by atoms with Crippen molar-refractivity contribution in [1.29, 1.82) is 5.26 Å². The van der Waals surface area contributed by atoms with Gasteiger partial charge in [-0.25, -0.2) is 4.98 Å². The molecule has 1 aromatic heterocycles. The minimum Gasteiger partial charge on any atom is -0.369 e. The lowest BCUT2D eigenvalue weighted by Gasteiger charge is -2.12. The van der Waals surface area contributed by atoms with Crippen LogP contribution in [0.3, 0.4) is 0 Å². The van der Waals surface area contributed by atoms with E-state index in [0.29, 0.717) is 17.6 Å². The van der Waals surface area contributed by atoms with E-state index >= 15 is 0 Å². The zero-order valence-electron chi connectivity index (χ0n) is 11.2. The Kier molecular flexibility index (Phi) is 1.80. The SMILES string of the molecule is N#Cc1cccc2c1nc(N)n2C1C2C3CCC(C3)C21. The van der Waals surface area contributed by atoms with Crippen molar-refractivity contribution in [2.24, 2.45) is 23.7 Å². The highest BCUT2D eigenvalue weighted by atomic mass is 15.2. The highest BCUT2D eigenvalue weighted by Crippen LogP contribution is 2.72. The smallest absolute Gasteiger partial charge is 0.201 e. The average Bonchev–Trinajstić information content (AvgIpc) is 2.79. The molecule has 1 aromatic carbocycles. The minimum atomic E-state index is 0.542. The van der Waals surface area contributed by atoms with E-state index in [0.717, 1.165) is 34.7 Å². The van der Waals surface area contributed by atoms with Crippen LogP contribution in [0.1, 0.15) is 30.9 Å². The molecule has 0 spiro atoms. The number of nitrogen functional groups attached to an aromatic ring is 1. The van der Waals surface area contributed by atoms with Crippen LogP contribution in [-0.4, -0.2) is 9.55 Å². The molecule has 3 aliphatic rings. The van der Waals surface area contributed by atoms with Gasteiger partial charge in [0.25, 0.3) is 0 Å². The maximum atomic E-state index is 9.21. The van der Waals surface area contributed by atoms with Crippen molar-refractivity contribution in [2.45, 2.75) is 25.3 Å². The first-order valence-electron chi connectivity index (χ1n) is 7.46. The fourth-order valence-corrected chi connectivity index (χ4v) is 5.16. The number of para-hydroxylation sites is 1. The number of anilines is 1. The Morgan fingerprint density at radius 2 is 2.00 bits per heavy atom. The van der Waals surface area contributed by atoms with E-state index in [1.54, 1.807) is 0 Å². The summed E-state index contributed by atoms with van der Waals surface area (Å²) in [4.78, 5) is 4.46. The number of nitriles is 1. The second kappa shape index (κ2) is 3.35. The average molecular weight is 264 g/mol. The van der Waals surface area contributed by atoms with Gasteiger partial charge >= 0.3 is 0 Å². The molecule has 0 saturated heterocycles. The van der Waals surface area contributed by atoms with E-state index in [2.05, 4.69) is 21.7 Å². The van der Waals surface area contributed by atoms with E-state index in [1.807, 2.05) is 12.1 Å². The van der Waals surface area contributed by atoms with Crippen LogP contribution in [0.25, 0.3) is 11.0 Å². The number of fused-ring (bicyclic) bond motifs is 6. The number of nitrogens with two attached hydrogens (primary N) is 1. The molecule has 3 saturated carbocycles. The summed E-state index contributed by atoms with van der Waals surface area (Å²) in [6.45, 7) is 0. The fraction of sp³-hybridized carbons (Fsp3) is 0.500. The topological polar surface area (TPSA) is 67.6 Å². The van der Waals surface area contributed by atoms with E-state index < -0.39 is 0 Å². The van der Waals surface area contributed by atoms with Crippen LogP contribution >= 0.6 is 0 Å². The third kappa shape index (κ3) is 1.10. The predicted octanol–water partition coefficient (Wildman–Crippen LogP) is 2.71. The van der Waals surface area contributed by atoms with Gasteiger partial charge in [-0.15, -0.1) is 0 Å². The second-order valence-corrected chi connectivity index (χ2v) is 6.60. The zero-order chi connectivity index (χ0) is 13.4. The highest BCUT2D eigenvalue weighted by Gasteiger charge is 2.66. The summed E-state index contributed by atoms with van der Waals surface area (Å²) in [6.07, 6.45) is 4.23.